The van der Waals surface area contributed by atoms with Crippen molar-refractivity contribution in [1.29, 1.82) is 0 Å². The van der Waals surface area contributed by atoms with Crippen molar-refractivity contribution >= 4 is 34.6 Å². The van der Waals surface area contributed by atoms with Crippen LogP contribution in [0.1, 0.15) is 31.9 Å². The fourth-order valence-corrected chi connectivity index (χ4v) is 6.85. The van der Waals surface area contributed by atoms with Crippen LogP contribution in [-0.4, -0.2) is 74.6 Å². The predicted octanol–water partition coefficient (Wildman–Crippen LogP) is 5.72. The molecule has 0 radical (unpaired) electrons. The fraction of sp³-hybridized carbons (Fsp3) is 0.371. The second-order valence-electron chi connectivity index (χ2n) is 12.4. The number of rotatable bonds is 11. The third-order valence-corrected chi connectivity index (χ3v) is 9.75. The molecule has 2 aliphatic heterocycles. The smallest absolute Gasteiger partial charge is 0.350 e. The summed E-state index contributed by atoms with van der Waals surface area (Å²) < 4.78 is 38.6. The molecule has 0 spiro atoms. The van der Waals surface area contributed by atoms with Gasteiger partial charge in [-0.15, -0.1) is 0 Å². The zero-order valence-electron chi connectivity index (χ0n) is 27.7. The molecule has 3 unspecified atom stereocenters. The average molecular weight is 724 g/mol. The van der Waals surface area contributed by atoms with Crippen molar-refractivity contribution in [1.82, 2.24) is 29.1 Å². The van der Waals surface area contributed by atoms with Crippen LogP contribution < -0.4 is 20.2 Å². The summed E-state index contributed by atoms with van der Waals surface area (Å²) in [7, 11) is 0. The summed E-state index contributed by atoms with van der Waals surface area (Å²) in [5.41, 5.74) is 2.39. The zero-order chi connectivity index (χ0) is 34.8. The molecule has 0 amide bonds. The number of nitrogens with zero attached hydrogens (tertiary/aromatic N) is 8. The van der Waals surface area contributed by atoms with Gasteiger partial charge in [-0.05, 0) is 61.9 Å². The van der Waals surface area contributed by atoms with Crippen molar-refractivity contribution in [2.45, 2.75) is 44.7 Å². The Bertz CT molecular complexity index is 1980. The van der Waals surface area contributed by atoms with Crippen LogP contribution in [0, 0.1) is 5.82 Å². The molecule has 3 aromatic carbocycles. The van der Waals surface area contributed by atoms with E-state index in [0.717, 1.165) is 25.2 Å². The quantitative estimate of drug-likeness (QED) is 0.169. The molecule has 0 saturated carbocycles. The van der Waals surface area contributed by atoms with Gasteiger partial charge in [0.1, 0.15) is 49.8 Å². The maximum Gasteiger partial charge on any atom is 0.350 e. The monoisotopic (exact) mass is 722 g/mol. The number of benzene rings is 3. The fourth-order valence-electron chi connectivity index (χ4n) is 6.30. The van der Waals surface area contributed by atoms with E-state index in [-0.39, 0.29) is 36.8 Å². The lowest BCUT2D eigenvalue weighted by atomic mass is 10.1. The molecule has 2 saturated heterocycles. The molecule has 3 atom stereocenters. The molecule has 0 aliphatic carbocycles. The van der Waals surface area contributed by atoms with Crippen molar-refractivity contribution < 1.29 is 18.6 Å². The molecule has 4 heterocycles. The van der Waals surface area contributed by atoms with Crippen LogP contribution in [0.4, 0.5) is 15.8 Å². The van der Waals surface area contributed by atoms with Crippen LogP contribution >= 0.6 is 23.2 Å². The Kier molecular flexibility index (Phi) is 9.82. The predicted molar refractivity (Wildman–Crippen MR) is 188 cm³/mol. The van der Waals surface area contributed by atoms with E-state index >= 15 is 4.39 Å². The van der Waals surface area contributed by atoms with E-state index in [1.807, 2.05) is 43.0 Å². The number of anilines is 2. The maximum atomic E-state index is 15.3. The lowest BCUT2D eigenvalue weighted by molar-refractivity contribution is -0.190. The number of hydrogen-bond acceptors (Lipinski definition) is 9. The minimum atomic E-state index is -1.18. The number of piperazine rings is 1. The lowest BCUT2D eigenvalue weighted by Gasteiger charge is -2.37. The lowest BCUT2D eigenvalue weighted by Crippen LogP contribution is -2.46. The first-order valence-corrected chi connectivity index (χ1v) is 17.3. The van der Waals surface area contributed by atoms with Gasteiger partial charge in [0.15, 0.2) is 0 Å². The average Bonchev–Trinajstić information content (AvgIpc) is 3.88. The Labute approximate surface area is 298 Å². The van der Waals surface area contributed by atoms with Gasteiger partial charge in [0.25, 0.3) is 0 Å². The third kappa shape index (κ3) is 6.95. The van der Waals surface area contributed by atoms with Gasteiger partial charge in [-0.3, -0.25) is 0 Å². The van der Waals surface area contributed by atoms with Crippen LogP contribution in [0.15, 0.2) is 84.4 Å². The maximum absolute atomic E-state index is 15.3. The van der Waals surface area contributed by atoms with Crippen molar-refractivity contribution in [2.24, 2.45) is 0 Å². The molecule has 2 fully saturated rings. The van der Waals surface area contributed by atoms with Crippen molar-refractivity contribution in [3.63, 3.8) is 0 Å². The SMILES string of the molecule is CCC(C)n1ncn(-c2ccc(N3CCN(c4ccc(OCC5COC(Cn6cncn6)(c6ccc(Cl)cc6Cl)O5)cc4)CC3)c(F)c2)c1=O. The molecule has 262 valence electrons. The van der Waals surface area contributed by atoms with E-state index in [1.54, 1.807) is 41.3 Å². The number of aromatic nitrogens is 6. The van der Waals surface area contributed by atoms with Crippen LogP contribution in [0.5, 0.6) is 5.75 Å². The Morgan fingerprint density at radius 2 is 1.74 bits per heavy atom. The first kappa shape index (κ1) is 34.0. The molecule has 5 aromatic rings. The molecule has 7 rings (SSSR count). The summed E-state index contributed by atoms with van der Waals surface area (Å²) in [5.74, 6) is -0.855. The number of halogens is 3. The van der Waals surface area contributed by atoms with Gasteiger partial charge in [0.2, 0.25) is 5.79 Å². The normalized spacial score (nSPS) is 20.0. The minimum Gasteiger partial charge on any atom is -0.491 e. The summed E-state index contributed by atoms with van der Waals surface area (Å²) in [6.45, 7) is 7.46. The van der Waals surface area contributed by atoms with Gasteiger partial charge in [-0.1, -0.05) is 36.2 Å². The largest absolute Gasteiger partial charge is 0.491 e. The summed E-state index contributed by atoms with van der Waals surface area (Å²) in [6.07, 6.45) is 4.90. The zero-order valence-corrected chi connectivity index (χ0v) is 29.2. The van der Waals surface area contributed by atoms with Gasteiger partial charge < -0.3 is 24.0 Å². The molecular formula is C35H37Cl2FN8O4. The Morgan fingerprint density at radius 1 is 0.980 bits per heavy atom. The van der Waals surface area contributed by atoms with Crippen LogP contribution in [0.2, 0.25) is 10.0 Å². The molecule has 12 nitrogen and oxygen atoms in total. The van der Waals surface area contributed by atoms with E-state index in [1.165, 1.54) is 28.0 Å². The minimum absolute atomic E-state index is 0.0329. The highest BCUT2D eigenvalue weighted by atomic mass is 35.5. The van der Waals surface area contributed by atoms with Crippen LogP contribution in [0.25, 0.3) is 5.69 Å². The van der Waals surface area contributed by atoms with Crippen molar-refractivity contribution in [2.75, 3.05) is 49.2 Å². The van der Waals surface area contributed by atoms with Gasteiger partial charge >= 0.3 is 5.69 Å². The molecule has 2 aromatic heterocycles. The highest BCUT2D eigenvalue weighted by Crippen LogP contribution is 2.40. The molecule has 2 aliphatic rings. The summed E-state index contributed by atoms with van der Waals surface area (Å²) >= 11 is 12.7. The van der Waals surface area contributed by atoms with Gasteiger partial charge in [-0.2, -0.15) is 10.2 Å². The standard InChI is InChI=1S/C35H37Cl2FN8O4/c1-3-24(2)46-34(47)45(23-41-46)27-7-11-33(32(38)17-27)43-14-12-42(13-15-43)26-5-8-28(9-6-26)48-18-29-19-49-35(50-29,20-44-22-39-21-40-44)30-10-4-25(36)16-31(30)37/h4-11,16-17,21-24,29H,3,12-15,18-20H2,1-2H3. The van der Waals surface area contributed by atoms with Crippen LogP contribution in [-0.2, 0) is 21.8 Å². The van der Waals surface area contributed by atoms with Gasteiger partial charge in [0.05, 0.1) is 29.0 Å². The Morgan fingerprint density at radius 3 is 2.44 bits per heavy atom. The van der Waals surface area contributed by atoms with E-state index in [2.05, 4.69) is 20.1 Å². The second-order valence-corrected chi connectivity index (χ2v) is 13.3. The first-order chi connectivity index (χ1) is 24.2. The van der Waals surface area contributed by atoms with E-state index in [4.69, 9.17) is 37.4 Å². The highest BCUT2D eigenvalue weighted by Gasteiger charge is 2.45. The van der Waals surface area contributed by atoms with Gasteiger partial charge in [0, 0.05) is 48.5 Å². The second kappa shape index (κ2) is 14.4. The first-order valence-electron chi connectivity index (χ1n) is 16.5. The van der Waals surface area contributed by atoms with Crippen molar-refractivity contribution in [3.8, 4) is 11.4 Å². The van der Waals surface area contributed by atoms with E-state index in [0.29, 0.717) is 52.4 Å². The molecule has 0 bridgehead atoms. The highest BCUT2D eigenvalue weighted by molar-refractivity contribution is 6.35. The van der Waals surface area contributed by atoms with Crippen molar-refractivity contribution in [3.05, 3.63) is 112 Å². The topological polar surface area (TPSA) is 105 Å². The number of ether oxygens (including phenoxy) is 3. The summed E-state index contributed by atoms with van der Waals surface area (Å²) in [6, 6.07) is 18.0. The summed E-state index contributed by atoms with van der Waals surface area (Å²) in [4.78, 5) is 21.1. The summed E-state index contributed by atoms with van der Waals surface area (Å²) in [5, 5.41) is 9.37. The Balaban J connectivity index is 0.939. The van der Waals surface area contributed by atoms with Crippen LogP contribution in [0.3, 0.4) is 0 Å². The Hall–Kier alpha value is -4.43. The molecule has 50 heavy (non-hydrogen) atoms. The molecule has 0 N–H and O–H groups in total. The van der Waals surface area contributed by atoms with Gasteiger partial charge in [-0.25, -0.2) is 28.1 Å². The molecule has 15 heteroatoms. The number of hydrogen-bond donors (Lipinski definition) is 0. The third-order valence-electron chi connectivity index (χ3n) is 9.21. The van der Waals surface area contributed by atoms with E-state index in [9.17, 15) is 4.79 Å². The van der Waals surface area contributed by atoms with E-state index < -0.39 is 5.79 Å². The molecular weight excluding hydrogens is 686 g/mol.